The van der Waals surface area contributed by atoms with Crippen LogP contribution in [-0.2, 0) is 14.8 Å². The Labute approximate surface area is 202 Å². The van der Waals surface area contributed by atoms with Gasteiger partial charge in [0, 0.05) is 48.9 Å². The van der Waals surface area contributed by atoms with E-state index < -0.39 is 10.0 Å². The molecule has 1 N–H and O–H groups in total. The minimum absolute atomic E-state index is 0.0909. The lowest BCUT2D eigenvalue weighted by Gasteiger charge is -2.35. The van der Waals surface area contributed by atoms with Crippen molar-refractivity contribution in [3.05, 3.63) is 48.4 Å². The number of hydrogen-bond acceptors (Lipinski definition) is 8. The van der Waals surface area contributed by atoms with Gasteiger partial charge in [-0.2, -0.15) is 0 Å². The fourth-order valence-electron chi connectivity index (χ4n) is 3.84. The Morgan fingerprint density at radius 1 is 1.18 bits per heavy atom. The molecule has 34 heavy (non-hydrogen) atoms. The molecule has 0 atom stereocenters. The summed E-state index contributed by atoms with van der Waals surface area (Å²) >= 11 is 6.58. The topological polar surface area (TPSA) is 118 Å². The number of pyridine rings is 1. The summed E-state index contributed by atoms with van der Waals surface area (Å²) in [5, 5.41) is 1.20. The Morgan fingerprint density at radius 3 is 2.56 bits per heavy atom. The molecule has 1 saturated heterocycles. The summed E-state index contributed by atoms with van der Waals surface area (Å²) in [6.07, 6.45) is 5.41. The van der Waals surface area contributed by atoms with E-state index in [0.717, 1.165) is 17.5 Å². The second-order valence-electron chi connectivity index (χ2n) is 7.72. The monoisotopic (exact) mass is 502 g/mol. The van der Waals surface area contributed by atoms with Crippen molar-refractivity contribution in [3.8, 4) is 17.0 Å². The molecule has 1 fully saturated rings. The molecule has 0 aliphatic carbocycles. The number of aromatic nitrogens is 3. The van der Waals surface area contributed by atoms with Gasteiger partial charge in [-0.1, -0.05) is 18.2 Å². The standard InChI is InChI=1S/C22H23ClN6O4S/c1-4-20(30)28-5-7-29(8-6-28)21-16-10-15(17(23)11-18(16)25-13-26-21)14-9-19(27-34(3,31)32)22(33-2)24-12-14/h4,9-13,27H,1,5-8H2,2-3H3. The van der Waals surface area contributed by atoms with Gasteiger partial charge in [-0.3, -0.25) is 9.52 Å². The van der Waals surface area contributed by atoms with Gasteiger partial charge in [-0.05, 0) is 24.3 Å². The fraction of sp³-hybridized carbons (Fsp3) is 0.273. The maximum absolute atomic E-state index is 11.9. The smallest absolute Gasteiger partial charge is 0.246 e. The van der Waals surface area contributed by atoms with Crippen molar-refractivity contribution >= 4 is 49.9 Å². The van der Waals surface area contributed by atoms with Crippen LogP contribution in [0, 0.1) is 0 Å². The van der Waals surface area contributed by atoms with Crippen LogP contribution in [0.5, 0.6) is 5.88 Å². The van der Waals surface area contributed by atoms with Gasteiger partial charge in [-0.15, -0.1) is 0 Å². The first-order valence-corrected chi connectivity index (χ1v) is 12.6. The quantitative estimate of drug-likeness (QED) is 0.511. The normalized spacial score (nSPS) is 14.2. The van der Waals surface area contributed by atoms with Gasteiger partial charge in [0.15, 0.2) is 0 Å². The van der Waals surface area contributed by atoms with E-state index >= 15 is 0 Å². The summed E-state index contributed by atoms with van der Waals surface area (Å²) < 4.78 is 31.2. The number of nitrogens with one attached hydrogen (secondary N) is 1. The Morgan fingerprint density at radius 2 is 1.91 bits per heavy atom. The predicted molar refractivity (Wildman–Crippen MR) is 132 cm³/mol. The molecule has 2 aromatic heterocycles. The molecule has 10 nitrogen and oxygen atoms in total. The molecular formula is C22H23ClN6O4S. The van der Waals surface area contributed by atoms with Crippen molar-refractivity contribution in [1.82, 2.24) is 19.9 Å². The van der Waals surface area contributed by atoms with Crippen molar-refractivity contribution in [3.63, 3.8) is 0 Å². The van der Waals surface area contributed by atoms with Crippen LogP contribution in [0.25, 0.3) is 22.0 Å². The molecule has 0 unspecified atom stereocenters. The zero-order valence-electron chi connectivity index (χ0n) is 18.7. The molecule has 178 valence electrons. The van der Waals surface area contributed by atoms with Crippen LogP contribution < -0.4 is 14.4 Å². The number of ether oxygens (including phenoxy) is 1. The fourth-order valence-corrected chi connectivity index (χ4v) is 4.65. The largest absolute Gasteiger partial charge is 0.480 e. The maximum Gasteiger partial charge on any atom is 0.246 e. The van der Waals surface area contributed by atoms with E-state index in [1.54, 1.807) is 23.2 Å². The number of hydrogen-bond donors (Lipinski definition) is 1. The zero-order chi connectivity index (χ0) is 24.5. The van der Waals surface area contributed by atoms with Gasteiger partial charge >= 0.3 is 0 Å². The Kier molecular flexibility index (Phi) is 6.58. The number of anilines is 2. The summed E-state index contributed by atoms with van der Waals surface area (Å²) in [5.74, 6) is 0.776. The molecule has 1 aromatic carbocycles. The number of piperazine rings is 1. The van der Waals surface area contributed by atoms with Crippen LogP contribution in [0.2, 0.25) is 5.02 Å². The first kappa shape index (κ1) is 23.7. The van der Waals surface area contributed by atoms with Crippen LogP contribution in [0.15, 0.2) is 43.4 Å². The molecule has 0 bridgehead atoms. The van der Waals surface area contributed by atoms with Gasteiger partial charge in [-0.25, -0.2) is 23.4 Å². The lowest BCUT2D eigenvalue weighted by Crippen LogP contribution is -2.48. The van der Waals surface area contributed by atoms with Crippen LogP contribution >= 0.6 is 11.6 Å². The first-order chi connectivity index (χ1) is 16.2. The van der Waals surface area contributed by atoms with E-state index in [-0.39, 0.29) is 17.5 Å². The Hall–Kier alpha value is -3.44. The summed E-state index contributed by atoms with van der Waals surface area (Å²) in [4.78, 5) is 28.8. The number of nitrogens with zero attached hydrogens (tertiary/aromatic N) is 5. The van der Waals surface area contributed by atoms with E-state index in [2.05, 4.69) is 31.2 Å². The van der Waals surface area contributed by atoms with Crippen molar-refractivity contribution in [1.29, 1.82) is 0 Å². The van der Waals surface area contributed by atoms with Crippen molar-refractivity contribution in [2.45, 2.75) is 0 Å². The predicted octanol–water partition coefficient (Wildman–Crippen LogP) is 2.56. The number of halogens is 1. The van der Waals surface area contributed by atoms with Crippen molar-refractivity contribution in [2.75, 3.05) is 49.2 Å². The summed E-state index contributed by atoms with van der Waals surface area (Å²) in [6.45, 7) is 5.87. The number of sulfonamides is 1. The van der Waals surface area contributed by atoms with Gasteiger partial charge in [0.05, 0.1) is 23.9 Å². The van der Waals surface area contributed by atoms with Gasteiger partial charge in [0.1, 0.15) is 17.8 Å². The highest BCUT2D eigenvalue weighted by molar-refractivity contribution is 7.92. The molecule has 1 aliphatic heterocycles. The number of amides is 1. The number of methoxy groups -OCH3 is 1. The van der Waals surface area contributed by atoms with Crippen molar-refractivity contribution in [2.24, 2.45) is 0 Å². The van der Waals surface area contributed by atoms with E-state index in [9.17, 15) is 13.2 Å². The Balaban J connectivity index is 1.75. The second kappa shape index (κ2) is 9.43. The molecule has 0 saturated carbocycles. The summed E-state index contributed by atoms with van der Waals surface area (Å²) in [5.41, 5.74) is 2.10. The minimum atomic E-state index is -3.55. The molecule has 0 spiro atoms. The number of carbonyl (C=O) groups is 1. The third kappa shape index (κ3) is 4.90. The third-order valence-corrected chi connectivity index (χ3v) is 6.32. The highest BCUT2D eigenvalue weighted by Crippen LogP contribution is 2.37. The summed E-state index contributed by atoms with van der Waals surface area (Å²) in [6, 6.07) is 5.22. The Bertz CT molecular complexity index is 1370. The van der Waals surface area contributed by atoms with E-state index in [4.69, 9.17) is 16.3 Å². The number of rotatable bonds is 6. The van der Waals surface area contributed by atoms with Crippen molar-refractivity contribution < 1.29 is 17.9 Å². The molecule has 12 heteroatoms. The number of carbonyl (C=O) groups excluding carboxylic acids is 1. The van der Waals surface area contributed by atoms with Gasteiger partial charge in [0.2, 0.25) is 21.8 Å². The van der Waals surface area contributed by atoms with Crippen LogP contribution in [-0.4, -0.2) is 73.7 Å². The molecule has 3 aromatic rings. The SMILES string of the molecule is C=CC(=O)N1CCN(c2ncnc3cc(Cl)c(-c4cnc(OC)c(NS(C)(=O)=O)c4)cc23)CC1. The van der Waals surface area contributed by atoms with E-state index in [0.29, 0.717) is 47.8 Å². The van der Waals surface area contributed by atoms with E-state index in [1.165, 1.54) is 19.5 Å². The number of benzene rings is 1. The highest BCUT2D eigenvalue weighted by Gasteiger charge is 2.23. The molecule has 0 radical (unpaired) electrons. The van der Waals surface area contributed by atoms with Gasteiger partial charge in [0.25, 0.3) is 0 Å². The average molecular weight is 503 g/mol. The third-order valence-electron chi connectivity index (χ3n) is 5.42. The molecule has 4 rings (SSSR count). The highest BCUT2D eigenvalue weighted by atomic mass is 35.5. The molecular weight excluding hydrogens is 480 g/mol. The lowest BCUT2D eigenvalue weighted by molar-refractivity contribution is -0.126. The second-order valence-corrected chi connectivity index (χ2v) is 9.87. The van der Waals surface area contributed by atoms with Crippen LogP contribution in [0.4, 0.5) is 11.5 Å². The van der Waals surface area contributed by atoms with Crippen LogP contribution in [0.3, 0.4) is 0 Å². The lowest BCUT2D eigenvalue weighted by atomic mass is 10.0. The minimum Gasteiger partial charge on any atom is -0.480 e. The first-order valence-electron chi connectivity index (χ1n) is 10.3. The molecule has 3 heterocycles. The summed E-state index contributed by atoms with van der Waals surface area (Å²) in [7, 11) is -2.14. The van der Waals surface area contributed by atoms with E-state index in [1.807, 2.05) is 6.07 Å². The zero-order valence-corrected chi connectivity index (χ0v) is 20.2. The number of fused-ring (bicyclic) bond motifs is 1. The average Bonchev–Trinajstić information content (AvgIpc) is 2.81. The molecule has 1 amide bonds. The van der Waals surface area contributed by atoms with Gasteiger partial charge < -0.3 is 14.5 Å². The molecule has 1 aliphatic rings. The van der Waals surface area contributed by atoms with Crippen LogP contribution in [0.1, 0.15) is 0 Å². The maximum atomic E-state index is 11.9.